The number of nitrogens with zero attached hydrogens (tertiary/aromatic N) is 2. The second-order valence-corrected chi connectivity index (χ2v) is 8.18. The topological polar surface area (TPSA) is 72.3 Å². The number of benzene rings is 2. The molecule has 3 rings (SSSR count). The lowest BCUT2D eigenvalue weighted by Gasteiger charge is -2.10. The summed E-state index contributed by atoms with van der Waals surface area (Å²) < 4.78 is 11.1. The van der Waals surface area contributed by atoms with Gasteiger partial charge < -0.3 is 14.8 Å². The third kappa shape index (κ3) is 5.86. The van der Waals surface area contributed by atoms with Gasteiger partial charge in [-0.25, -0.2) is 0 Å². The smallest absolute Gasteiger partial charge is 0.239 e. The number of ether oxygens (including phenoxy) is 2. The van der Waals surface area contributed by atoms with E-state index in [9.17, 15) is 4.79 Å². The molecule has 1 atom stereocenters. The molecule has 0 saturated carbocycles. The first-order valence-electron chi connectivity index (χ1n) is 10.0. The Morgan fingerprint density at radius 2 is 2.03 bits per heavy atom. The highest BCUT2D eigenvalue weighted by Crippen LogP contribution is 2.28. The lowest BCUT2D eigenvalue weighted by atomic mass is 10.0. The Balaban J connectivity index is 1.61. The maximum Gasteiger partial charge on any atom is 0.239 e. The van der Waals surface area contributed by atoms with Gasteiger partial charge in [-0.3, -0.25) is 4.79 Å². The van der Waals surface area contributed by atoms with Crippen molar-refractivity contribution in [2.75, 3.05) is 13.7 Å². The Bertz CT molecular complexity index is 943. The molecule has 0 radical (unpaired) electrons. The molecular formula is C23H27N3O3S. The molecule has 0 aliphatic carbocycles. The summed E-state index contributed by atoms with van der Waals surface area (Å²) in [5, 5.41) is 11.4. The quantitative estimate of drug-likeness (QED) is 0.368. The fourth-order valence-electron chi connectivity index (χ4n) is 2.98. The average Bonchev–Trinajstić information content (AvgIpc) is 3.09. The SMILES string of the molecule is CCCCOc1ccc(/C=N/N=C2\NC(=O)C(Cc3ccccc3C)S2)cc1OC. The Hall–Kier alpha value is -2.80. The van der Waals surface area contributed by atoms with E-state index in [1.807, 2.05) is 30.3 Å². The normalized spacial score (nSPS) is 17.5. The molecule has 0 aromatic heterocycles. The minimum Gasteiger partial charge on any atom is -0.493 e. The fourth-order valence-corrected chi connectivity index (χ4v) is 3.94. The van der Waals surface area contributed by atoms with Crippen LogP contribution in [0, 0.1) is 6.92 Å². The largest absolute Gasteiger partial charge is 0.493 e. The number of carbonyl (C=O) groups is 1. The van der Waals surface area contributed by atoms with E-state index in [0.717, 1.165) is 18.4 Å². The third-order valence-corrected chi connectivity index (χ3v) is 5.81. The van der Waals surface area contributed by atoms with E-state index >= 15 is 0 Å². The molecule has 2 aromatic rings. The summed E-state index contributed by atoms with van der Waals surface area (Å²) >= 11 is 1.41. The second kappa shape index (κ2) is 10.8. The van der Waals surface area contributed by atoms with E-state index in [1.54, 1.807) is 13.3 Å². The minimum absolute atomic E-state index is 0.0348. The van der Waals surface area contributed by atoms with Crippen LogP contribution < -0.4 is 14.8 Å². The number of aryl methyl sites for hydroxylation is 1. The van der Waals surface area contributed by atoms with Gasteiger partial charge in [-0.05, 0) is 54.7 Å². The third-order valence-electron chi connectivity index (χ3n) is 4.74. The van der Waals surface area contributed by atoms with Crippen molar-refractivity contribution in [3.05, 3.63) is 59.2 Å². The predicted octanol–water partition coefficient (Wildman–Crippen LogP) is 4.35. The van der Waals surface area contributed by atoms with Crippen LogP contribution in [0.25, 0.3) is 0 Å². The molecule has 6 nitrogen and oxygen atoms in total. The van der Waals surface area contributed by atoms with Crippen molar-refractivity contribution in [1.82, 2.24) is 5.32 Å². The maximum absolute atomic E-state index is 12.3. The van der Waals surface area contributed by atoms with Crippen LogP contribution in [0.5, 0.6) is 11.5 Å². The van der Waals surface area contributed by atoms with Gasteiger partial charge in [-0.2, -0.15) is 5.10 Å². The number of carbonyl (C=O) groups excluding carboxylic acids is 1. The Morgan fingerprint density at radius 1 is 1.20 bits per heavy atom. The van der Waals surface area contributed by atoms with Crippen molar-refractivity contribution < 1.29 is 14.3 Å². The number of nitrogens with one attached hydrogen (secondary N) is 1. The number of hydrogen-bond acceptors (Lipinski definition) is 6. The lowest BCUT2D eigenvalue weighted by Crippen LogP contribution is -2.26. The van der Waals surface area contributed by atoms with E-state index in [4.69, 9.17) is 9.47 Å². The molecule has 1 fully saturated rings. The minimum atomic E-state index is -0.195. The van der Waals surface area contributed by atoms with Gasteiger partial charge in [-0.1, -0.05) is 49.4 Å². The van der Waals surface area contributed by atoms with E-state index in [2.05, 4.69) is 41.5 Å². The van der Waals surface area contributed by atoms with Crippen molar-refractivity contribution in [1.29, 1.82) is 0 Å². The first-order chi connectivity index (χ1) is 14.6. The zero-order valence-corrected chi connectivity index (χ0v) is 18.4. The second-order valence-electron chi connectivity index (χ2n) is 6.99. The van der Waals surface area contributed by atoms with Crippen molar-refractivity contribution in [3.8, 4) is 11.5 Å². The average molecular weight is 426 g/mol. The number of methoxy groups -OCH3 is 1. The highest BCUT2D eigenvalue weighted by molar-refractivity contribution is 8.15. The number of hydrogen-bond donors (Lipinski definition) is 1. The van der Waals surface area contributed by atoms with Gasteiger partial charge in [0.2, 0.25) is 5.91 Å². The molecule has 1 heterocycles. The van der Waals surface area contributed by atoms with Crippen LogP contribution in [0.1, 0.15) is 36.5 Å². The van der Waals surface area contributed by atoms with Gasteiger partial charge in [0, 0.05) is 0 Å². The van der Waals surface area contributed by atoms with Gasteiger partial charge in [0.25, 0.3) is 0 Å². The van der Waals surface area contributed by atoms with Crippen molar-refractivity contribution >= 4 is 29.1 Å². The zero-order valence-electron chi connectivity index (χ0n) is 17.6. The van der Waals surface area contributed by atoms with E-state index < -0.39 is 0 Å². The molecule has 30 heavy (non-hydrogen) atoms. The van der Waals surface area contributed by atoms with Crippen LogP contribution in [0.3, 0.4) is 0 Å². The molecule has 0 bridgehead atoms. The molecule has 1 N–H and O–H groups in total. The predicted molar refractivity (Wildman–Crippen MR) is 123 cm³/mol. The summed E-state index contributed by atoms with van der Waals surface area (Å²) in [6, 6.07) is 13.7. The van der Waals surface area contributed by atoms with E-state index in [0.29, 0.717) is 29.7 Å². The van der Waals surface area contributed by atoms with Crippen LogP contribution >= 0.6 is 11.8 Å². The molecule has 1 amide bonds. The number of amides is 1. The first-order valence-corrected chi connectivity index (χ1v) is 10.9. The fraction of sp³-hybridized carbons (Fsp3) is 0.348. The molecule has 1 unspecified atom stereocenters. The van der Waals surface area contributed by atoms with Crippen molar-refractivity contribution in [2.45, 2.75) is 38.4 Å². The van der Waals surface area contributed by atoms with Gasteiger partial charge in [-0.15, -0.1) is 5.10 Å². The molecule has 158 valence electrons. The highest BCUT2D eigenvalue weighted by atomic mass is 32.2. The van der Waals surface area contributed by atoms with Gasteiger partial charge in [0.15, 0.2) is 16.7 Å². The highest BCUT2D eigenvalue weighted by Gasteiger charge is 2.30. The summed E-state index contributed by atoms with van der Waals surface area (Å²) in [5.41, 5.74) is 3.19. The molecule has 1 aliphatic rings. The lowest BCUT2D eigenvalue weighted by molar-refractivity contribution is -0.118. The van der Waals surface area contributed by atoms with Crippen molar-refractivity contribution in [2.24, 2.45) is 10.2 Å². The van der Waals surface area contributed by atoms with Crippen LogP contribution in [0.15, 0.2) is 52.7 Å². The number of amidine groups is 1. The summed E-state index contributed by atoms with van der Waals surface area (Å²) in [6.45, 7) is 4.84. The first kappa shape index (κ1) is 21.9. The summed E-state index contributed by atoms with van der Waals surface area (Å²) in [6.07, 6.45) is 4.38. The van der Waals surface area contributed by atoms with Crippen LogP contribution in [-0.2, 0) is 11.2 Å². The molecule has 1 aliphatic heterocycles. The number of thioether (sulfide) groups is 1. The van der Waals surface area contributed by atoms with Crippen LogP contribution in [0.4, 0.5) is 0 Å². The van der Waals surface area contributed by atoms with Gasteiger partial charge in [0.05, 0.1) is 25.2 Å². The summed E-state index contributed by atoms with van der Waals surface area (Å²) in [7, 11) is 1.61. The van der Waals surface area contributed by atoms with Gasteiger partial charge >= 0.3 is 0 Å². The monoisotopic (exact) mass is 425 g/mol. The maximum atomic E-state index is 12.3. The number of rotatable bonds is 9. The molecular weight excluding hydrogens is 398 g/mol. The Morgan fingerprint density at radius 3 is 2.80 bits per heavy atom. The molecule has 1 saturated heterocycles. The summed E-state index contributed by atoms with van der Waals surface area (Å²) in [4.78, 5) is 12.3. The van der Waals surface area contributed by atoms with E-state index in [1.165, 1.54) is 22.9 Å². The molecule has 2 aromatic carbocycles. The summed E-state index contributed by atoms with van der Waals surface area (Å²) in [5.74, 6) is 1.34. The molecule has 7 heteroatoms. The van der Waals surface area contributed by atoms with Crippen LogP contribution in [-0.4, -0.2) is 36.3 Å². The molecule has 0 spiro atoms. The zero-order chi connectivity index (χ0) is 21.3. The van der Waals surface area contributed by atoms with Gasteiger partial charge in [0.1, 0.15) is 0 Å². The Labute approximate surface area is 181 Å². The number of unbranched alkanes of at least 4 members (excludes halogenated alkanes) is 1. The van der Waals surface area contributed by atoms with E-state index in [-0.39, 0.29) is 11.2 Å². The van der Waals surface area contributed by atoms with Crippen molar-refractivity contribution in [3.63, 3.8) is 0 Å². The Kier molecular flexibility index (Phi) is 7.90. The van der Waals surface area contributed by atoms with Crippen LogP contribution in [0.2, 0.25) is 0 Å². The standard InChI is InChI=1S/C23H27N3O3S/c1-4-5-12-29-19-11-10-17(13-20(19)28-3)15-24-26-23-25-22(27)21(30-23)14-18-9-7-6-8-16(18)2/h6-11,13,15,21H,4-5,12,14H2,1-3H3,(H,25,26,27)/b24-15+.